The number of ketones is 1. The molecule has 60 heavy (non-hydrogen) atoms. The molecule has 318 valence electrons. The van der Waals surface area contributed by atoms with Crippen LogP contribution in [0.15, 0.2) is 46.5 Å². The Hall–Kier alpha value is -4.02. The summed E-state index contributed by atoms with van der Waals surface area (Å²) in [5, 5.41) is 12.1. The third-order valence-corrected chi connectivity index (χ3v) is 13.3. The van der Waals surface area contributed by atoms with Crippen LogP contribution in [-0.4, -0.2) is 60.5 Å². The second-order valence-electron chi connectivity index (χ2n) is 17.8. The van der Waals surface area contributed by atoms with Crippen LogP contribution in [0.1, 0.15) is 133 Å². The number of fused-ring (bicyclic) bond motifs is 8. The molecule has 9 nitrogen and oxygen atoms in total. The standard InChI is InChI=1S/C50H64N4O5.Mg/c1-12-34-30(7)37-24-39-32(9)36(20-21-43(55)59-23-22-29(6)19-15-18-28(5)17-14-16-27(3)4)47(53-39)45-46(50(57)58-11)49(56)44-33(10)40(54-48(44)45)26-42-35(13-2)31(8)38(52-42)25-41(34)51-37;/h12,22,24-28,32,36,44,46-47H,1,13-21,23H2,2-11H3;/q-4;+2/b29-22+,38-25-,39-24-,42-26-;/t28-,32+,36+,44-,46-,47?;/m1./s1. The van der Waals surface area contributed by atoms with Crippen molar-refractivity contribution in [3.8, 4) is 0 Å². The van der Waals surface area contributed by atoms with Crippen molar-refractivity contribution in [1.29, 1.82) is 0 Å². The first-order valence-corrected chi connectivity index (χ1v) is 21.9. The van der Waals surface area contributed by atoms with E-state index in [0.29, 0.717) is 23.4 Å². The molecule has 5 heterocycles. The molecule has 0 spiro atoms. The molecule has 1 saturated heterocycles. The SMILES string of the molecule is C=Cc1c2[n-]c(c1C)/C=C1\[N-]C(C3=C4[N-]C(=C(C)[C@H]4C(=O)[C@@H]3C(=O)OC)/C=c3\[n-]/c(c(C)c3CC)=C\2)[C@@H](CCC(=O)OC/C=C(\C)CCC[C@H](C)CCCC(C)C)[C@@H]1C.[Mg+2]. The first kappa shape index (κ1) is 47.0. The molecule has 2 aromatic heterocycles. The number of carbonyl (C=O) groups is 3. The van der Waals surface area contributed by atoms with Gasteiger partial charge in [-0.2, -0.15) is 5.70 Å². The molecular formula is C50H64MgN4O5-2. The van der Waals surface area contributed by atoms with Crippen molar-refractivity contribution in [2.75, 3.05) is 13.7 Å². The number of hydrogen-bond donors (Lipinski definition) is 0. The number of nitrogens with zero attached hydrogens (tertiary/aromatic N) is 4. The normalized spacial score (nSPS) is 24.4. The molecule has 0 radical (unpaired) electrons. The number of allylic oxidation sites excluding steroid dienone is 4. The molecule has 0 saturated carbocycles. The van der Waals surface area contributed by atoms with Gasteiger partial charge in [-0.25, -0.2) is 0 Å². The molecule has 1 fully saturated rings. The molecule has 6 rings (SSSR count). The van der Waals surface area contributed by atoms with Crippen LogP contribution in [0.3, 0.4) is 0 Å². The third kappa shape index (κ3) is 9.70. The van der Waals surface area contributed by atoms with Crippen LogP contribution < -0.4 is 20.7 Å². The maximum Gasteiger partial charge on any atom is 2.00 e. The van der Waals surface area contributed by atoms with Gasteiger partial charge in [-0.1, -0.05) is 131 Å². The monoisotopic (exact) mass is 824 g/mol. The van der Waals surface area contributed by atoms with E-state index in [1.807, 2.05) is 44.2 Å². The van der Waals surface area contributed by atoms with Crippen LogP contribution in [0.5, 0.6) is 0 Å². The van der Waals surface area contributed by atoms with Gasteiger partial charge < -0.3 is 30.1 Å². The number of hydrogen-bond acceptors (Lipinski definition) is 5. The van der Waals surface area contributed by atoms with E-state index < -0.39 is 23.8 Å². The van der Waals surface area contributed by atoms with Gasteiger partial charge in [-0.05, 0) is 88.7 Å². The minimum atomic E-state index is -1.14. The molecule has 10 heteroatoms. The fourth-order valence-corrected chi connectivity index (χ4v) is 9.58. The van der Waals surface area contributed by atoms with E-state index >= 15 is 0 Å². The van der Waals surface area contributed by atoms with Gasteiger partial charge in [0.25, 0.3) is 0 Å². The van der Waals surface area contributed by atoms with Crippen LogP contribution in [0.4, 0.5) is 0 Å². The Morgan fingerprint density at radius 3 is 2.37 bits per heavy atom. The van der Waals surface area contributed by atoms with Crippen molar-refractivity contribution in [3.63, 3.8) is 0 Å². The summed E-state index contributed by atoms with van der Waals surface area (Å²) in [5.74, 6) is -1.86. The molecule has 2 aromatic rings. The van der Waals surface area contributed by atoms with Crippen molar-refractivity contribution < 1.29 is 23.9 Å². The van der Waals surface area contributed by atoms with E-state index in [9.17, 15) is 14.4 Å². The van der Waals surface area contributed by atoms with Gasteiger partial charge in [-0.15, -0.1) is 33.5 Å². The van der Waals surface area contributed by atoms with Gasteiger partial charge in [0.15, 0.2) is 5.78 Å². The van der Waals surface area contributed by atoms with E-state index in [4.69, 9.17) is 30.1 Å². The van der Waals surface area contributed by atoms with Crippen LogP contribution in [0, 0.1) is 49.4 Å². The van der Waals surface area contributed by atoms with Crippen molar-refractivity contribution >= 4 is 65.1 Å². The number of esters is 2. The number of methoxy groups -OCH3 is 1. The van der Waals surface area contributed by atoms with Gasteiger partial charge in [0.2, 0.25) is 0 Å². The van der Waals surface area contributed by atoms with Gasteiger partial charge in [0.1, 0.15) is 12.5 Å². The van der Waals surface area contributed by atoms with Gasteiger partial charge in [-0.3, -0.25) is 14.4 Å². The Kier molecular flexibility index (Phi) is 15.9. The van der Waals surface area contributed by atoms with Gasteiger partial charge >= 0.3 is 35.0 Å². The minimum Gasteiger partial charge on any atom is -0.681 e. The van der Waals surface area contributed by atoms with Crippen LogP contribution >= 0.6 is 0 Å². The predicted molar refractivity (Wildman–Crippen MR) is 242 cm³/mol. The Morgan fingerprint density at radius 2 is 1.68 bits per heavy atom. The Bertz CT molecular complexity index is 2230. The summed E-state index contributed by atoms with van der Waals surface area (Å²) in [6.07, 6.45) is 18.4. The molecule has 0 aromatic carbocycles. The van der Waals surface area contributed by atoms with Crippen LogP contribution in [-0.2, 0) is 30.3 Å². The molecule has 8 bridgehead atoms. The zero-order chi connectivity index (χ0) is 42.7. The molecule has 1 aliphatic carbocycles. The number of aromatic nitrogens is 2. The molecule has 6 atom stereocenters. The summed E-state index contributed by atoms with van der Waals surface area (Å²) in [4.78, 5) is 51.4. The summed E-state index contributed by atoms with van der Waals surface area (Å²) < 4.78 is 11.0. The molecule has 0 N–H and O–H groups in total. The van der Waals surface area contributed by atoms with E-state index in [1.165, 1.54) is 38.4 Å². The Labute approximate surface area is 373 Å². The second kappa shape index (κ2) is 20.2. The number of ether oxygens (including phenoxy) is 2. The Morgan fingerprint density at radius 1 is 0.950 bits per heavy atom. The smallest absolute Gasteiger partial charge is 0.681 e. The van der Waals surface area contributed by atoms with Crippen molar-refractivity contribution in [2.45, 2.75) is 126 Å². The number of carbonyl (C=O) groups excluding carboxylic acids is 3. The molecule has 0 amide bonds. The van der Waals surface area contributed by atoms with Gasteiger partial charge in [0.05, 0.1) is 7.11 Å². The van der Waals surface area contributed by atoms with E-state index in [1.54, 1.807) is 0 Å². The quantitative estimate of drug-likeness (QED) is 0.0717. The number of Topliss-reactive ketones (excluding diaryl/α,β-unsaturated/α-hetero) is 1. The van der Waals surface area contributed by atoms with E-state index in [0.717, 1.165) is 86.7 Å². The molecule has 1 unspecified atom stereocenters. The minimum absolute atomic E-state index is 0. The van der Waals surface area contributed by atoms with Gasteiger partial charge in [0, 0.05) is 12.3 Å². The van der Waals surface area contributed by atoms with Crippen molar-refractivity contribution in [1.82, 2.24) is 9.97 Å². The third-order valence-electron chi connectivity index (χ3n) is 13.3. The van der Waals surface area contributed by atoms with Crippen molar-refractivity contribution in [3.05, 3.63) is 101 Å². The summed E-state index contributed by atoms with van der Waals surface area (Å²) >= 11 is 0. The zero-order valence-corrected chi connectivity index (χ0v) is 39.2. The van der Waals surface area contributed by atoms with Crippen molar-refractivity contribution in [2.24, 2.45) is 35.5 Å². The average Bonchev–Trinajstić information content (AvgIpc) is 3.94. The molecular weight excluding hydrogens is 761 g/mol. The van der Waals surface area contributed by atoms with E-state index in [2.05, 4.69) is 55.0 Å². The number of rotatable bonds is 16. The van der Waals surface area contributed by atoms with Crippen LogP contribution in [0.25, 0.3) is 34.9 Å². The fourth-order valence-electron chi connectivity index (χ4n) is 9.58. The fraction of sp³-hybridized carbons (Fsp3) is 0.540. The Balaban J connectivity index is 0.00000683. The summed E-state index contributed by atoms with van der Waals surface area (Å²) in [6, 6.07) is -0.590. The van der Waals surface area contributed by atoms with Crippen LogP contribution in [0.2, 0.25) is 0 Å². The molecule has 4 aliphatic rings. The first-order chi connectivity index (χ1) is 28.2. The zero-order valence-electron chi connectivity index (χ0n) is 37.7. The topological polar surface area (TPSA) is 126 Å². The summed E-state index contributed by atoms with van der Waals surface area (Å²) in [7, 11) is 1.31. The largest absolute Gasteiger partial charge is 2.00 e. The second-order valence-corrected chi connectivity index (χ2v) is 17.8. The summed E-state index contributed by atoms with van der Waals surface area (Å²) in [5.41, 5.74) is 10.2. The average molecular weight is 825 g/mol. The molecule has 3 aliphatic heterocycles. The van der Waals surface area contributed by atoms with E-state index in [-0.39, 0.29) is 59.7 Å². The maximum atomic E-state index is 14.4. The summed E-state index contributed by atoms with van der Waals surface area (Å²) in [6.45, 7) is 23.6. The first-order valence-electron chi connectivity index (χ1n) is 21.9. The predicted octanol–water partition coefficient (Wildman–Crippen LogP) is 8.82. The maximum absolute atomic E-state index is 14.4.